The van der Waals surface area contributed by atoms with Crippen molar-refractivity contribution in [2.75, 3.05) is 32.8 Å². The molecule has 7 nitrogen and oxygen atoms in total. The van der Waals surface area contributed by atoms with Gasteiger partial charge in [-0.2, -0.15) is 0 Å². The third-order valence-corrected chi connectivity index (χ3v) is 4.85. The lowest BCUT2D eigenvalue weighted by Crippen LogP contribution is -2.37. The normalized spacial score (nSPS) is 16.0. The molecule has 0 aliphatic carbocycles. The molecule has 1 aromatic carbocycles. The summed E-state index contributed by atoms with van der Waals surface area (Å²) in [6, 6.07) is 7.70. The van der Waals surface area contributed by atoms with E-state index in [-0.39, 0.29) is 5.56 Å². The van der Waals surface area contributed by atoms with Gasteiger partial charge in [0.2, 0.25) is 5.78 Å². The maximum absolute atomic E-state index is 13.0. The van der Waals surface area contributed by atoms with Crippen LogP contribution in [0.2, 0.25) is 0 Å². The van der Waals surface area contributed by atoms with E-state index in [1.54, 1.807) is 4.57 Å². The van der Waals surface area contributed by atoms with Crippen LogP contribution in [0.5, 0.6) is 0 Å². The molecule has 0 radical (unpaired) electrons. The van der Waals surface area contributed by atoms with Crippen molar-refractivity contribution in [2.45, 2.75) is 26.3 Å². The van der Waals surface area contributed by atoms with E-state index >= 15 is 0 Å². The van der Waals surface area contributed by atoms with Crippen LogP contribution in [0.3, 0.4) is 0 Å². The van der Waals surface area contributed by atoms with Crippen LogP contribution in [0, 0.1) is 0 Å². The van der Waals surface area contributed by atoms with Crippen molar-refractivity contribution in [1.82, 2.24) is 24.1 Å². The minimum Gasteiger partial charge on any atom is -0.379 e. The van der Waals surface area contributed by atoms with E-state index in [0.717, 1.165) is 62.4 Å². The van der Waals surface area contributed by atoms with Gasteiger partial charge in [0, 0.05) is 32.6 Å². The van der Waals surface area contributed by atoms with Gasteiger partial charge >= 0.3 is 0 Å². The Hall–Kier alpha value is -2.25. The second-order valence-electron chi connectivity index (χ2n) is 6.39. The fourth-order valence-corrected chi connectivity index (χ4v) is 3.52. The molecule has 7 heteroatoms. The summed E-state index contributed by atoms with van der Waals surface area (Å²) in [5, 5.41) is 9.32. The first-order valence-electron chi connectivity index (χ1n) is 8.95. The van der Waals surface area contributed by atoms with Gasteiger partial charge in [0.1, 0.15) is 5.82 Å². The van der Waals surface area contributed by atoms with Crippen molar-refractivity contribution in [3.8, 4) is 0 Å². The van der Waals surface area contributed by atoms with Crippen LogP contribution in [0.1, 0.15) is 19.2 Å². The van der Waals surface area contributed by atoms with Crippen LogP contribution in [-0.4, -0.2) is 56.9 Å². The molecule has 0 amide bonds. The van der Waals surface area contributed by atoms with Gasteiger partial charge in [-0.1, -0.05) is 19.1 Å². The Morgan fingerprint density at radius 2 is 1.92 bits per heavy atom. The number of aromatic nitrogens is 4. The van der Waals surface area contributed by atoms with Crippen LogP contribution < -0.4 is 5.56 Å². The van der Waals surface area contributed by atoms with Crippen LogP contribution in [0.4, 0.5) is 0 Å². The number of fused-ring (bicyclic) bond motifs is 3. The predicted molar refractivity (Wildman–Crippen MR) is 96.0 cm³/mol. The first-order chi connectivity index (χ1) is 12.3. The summed E-state index contributed by atoms with van der Waals surface area (Å²) in [5.41, 5.74) is 0.897. The molecule has 1 aliphatic rings. The monoisotopic (exact) mass is 341 g/mol. The van der Waals surface area contributed by atoms with Crippen molar-refractivity contribution >= 4 is 16.7 Å². The van der Waals surface area contributed by atoms with Gasteiger partial charge in [0.15, 0.2) is 0 Å². The molecule has 25 heavy (non-hydrogen) atoms. The predicted octanol–water partition coefficient (Wildman–Crippen LogP) is 1.33. The first-order valence-corrected chi connectivity index (χ1v) is 8.95. The molecule has 0 unspecified atom stereocenters. The molecular weight excluding hydrogens is 318 g/mol. The average molecular weight is 341 g/mol. The maximum atomic E-state index is 13.0. The quantitative estimate of drug-likeness (QED) is 0.700. The molecule has 1 aliphatic heterocycles. The summed E-state index contributed by atoms with van der Waals surface area (Å²) in [5.74, 6) is 1.52. The first kappa shape index (κ1) is 16.2. The van der Waals surface area contributed by atoms with Crippen molar-refractivity contribution in [1.29, 1.82) is 0 Å². The van der Waals surface area contributed by atoms with Crippen LogP contribution in [0.15, 0.2) is 29.1 Å². The second kappa shape index (κ2) is 6.93. The summed E-state index contributed by atoms with van der Waals surface area (Å²) >= 11 is 0. The lowest BCUT2D eigenvalue weighted by Gasteiger charge is -2.26. The zero-order valence-electron chi connectivity index (χ0n) is 14.5. The summed E-state index contributed by atoms with van der Waals surface area (Å²) in [6.07, 6.45) is 1.68. The lowest BCUT2D eigenvalue weighted by atomic mass is 10.2. The molecule has 4 rings (SSSR count). The number of hydrogen-bond acceptors (Lipinski definition) is 5. The van der Waals surface area contributed by atoms with E-state index < -0.39 is 0 Å². The highest BCUT2D eigenvalue weighted by molar-refractivity contribution is 5.80. The zero-order valence-corrected chi connectivity index (χ0v) is 14.5. The lowest BCUT2D eigenvalue weighted by molar-refractivity contribution is 0.0369. The molecule has 0 N–H and O–H groups in total. The van der Waals surface area contributed by atoms with Gasteiger partial charge < -0.3 is 4.74 Å². The fourth-order valence-electron chi connectivity index (χ4n) is 3.52. The summed E-state index contributed by atoms with van der Waals surface area (Å²) in [4.78, 5) is 15.4. The standard InChI is InChI=1S/C18H23N5O2/c1-2-16-19-20-18-22(9-5-8-21-10-12-25-13-11-21)17(24)14-6-3-4-7-15(14)23(16)18/h3-4,6-7H,2,5,8-13H2,1H3. The van der Waals surface area contributed by atoms with Crippen molar-refractivity contribution < 1.29 is 4.74 Å². The smallest absolute Gasteiger partial charge is 0.262 e. The number of rotatable bonds is 5. The molecule has 3 aromatic rings. The van der Waals surface area contributed by atoms with Crippen LogP contribution in [-0.2, 0) is 17.7 Å². The molecule has 132 valence electrons. The molecule has 0 bridgehead atoms. The van der Waals surface area contributed by atoms with Crippen molar-refractivity contribution in [2.24, 2.45) is 0 Å². The summed E-state index contributed by atoms with van der Waals surface area (Å²) < 4.78 is 9.18. The van der Waals surface area contributed by atoms with Crippen molar-refractivity contribution in [3.05, 3.63) is 40.4 Å². The number of para-hydroxylation sites is 1. The van der Waals surface area contributed by atoms with E-state index in [0.29, 0.717) is 12.3 Å². The van der Waals surface area contributed by atoms with E-state index in [1.807, 2.05) is 28.7 Å². The van der Waals surface area contributed by atoms with E-state index in [9.17, 15) is 4.79 Å². The van der Waals surface area contributed by atoms with Crippen molar-refractivity contribution in [3.63, 3.8) is 0 Å². The Morgan fingerprint density at radius 3 is 2.72 bits per heavy atom. The molecule has 0 atom stereocenters. The summed E-state index contributed by atoms with van der Waals surface area (Å²) in [6.45, 7) is 7.18. The highest BCUT2D eigenvalue weighted by Crippen LogP contribution is 2.15. The van der Waals surface area contributed by atoms with Gasteiger partial charge in [0.25, 0.3) is 5.56 Å². The Kier molecular flexibility index (Phi) is 4.50. The number of aryl methyl sites for hydroxylation is 2. The highest BCUT2D eigenvalue weighted by atomic mass is 16.5. The van der Waals surface area contributed by atoms with Gasteiger partial charge in [0.05, 0.1) is 24.1 Å². The maximum Gasteiger partial charge on any atom is 0.262 e. The van der Waals surface area contributed by atoms with E-state index in [2.05, 4.69) is 22.0 Å². The molecule has 3 heterocycles. The Labute approximate surface area is 145 Å². The molecule has 1 saturated heterocycles. The number of hydrogen-bond donors (Lipinski definition) is 0. The topological polar surface area (TPSA) is 64.7 Å². The molecule has 2 aromatic heterocycles. The largest absolute Gasteiger partial charge is 0.379 e. The third-order valence-electron chi connectivity index (χ3n) is 4.85. The number of nitrogens with zero attached hydrogens (tertiary/aromatic N) is 5. The summed E-state index contributed by atoms with van der Waals surface area (Å²) in [7, 11) is 0. The van der Waals surface area contributed by atoms with Gasteiger partial charge in [-0.3, -0.25) is 18.7 Å². The van der Waals surface area contributed by atoms with Gasteiger partial charge in [-0.15, -0.1) is 10.2 Å². The fraction of sp³-hybridized carbons (Fsp3) is 0.500. The van der Waals surface area contributed by atoms with Gasteiger partial charge in [-0.25, -0.2) is 0 Å². The molecule has 0 spiro atoms. The Bertz CT molecular complexity index is 940. The SMILES string of the molecule is CCc1nnc2n(CCCN3CCOCC3)c(=O)c3ccccc3n12. The zero-order chi connectivity index (χ0) is 17.2. The van der Waals surface area contributed by atoms with Crippen LogP contribution in [0.25, 0.3) is 16.7 Å². The molecule has 0 saturated carbocycles. The number of ether oxygens (including phenoxy) is 1. The molecule has 1 fully saturated rings. The minimum absolute atomic E-state index is 0.0140. The second-order valence-corrected chi connectivity index (χ2v) is 6.39. The Morgan fingerprint density at radius 1 is 1.12 bits per heavy atom. The van der Waals surface area contributed by atoms with E-state index in [1.165, 1.54) is 0 Å². The Balaban J connectivity index is 1.70. The van der Waals surface area contributed by atoms with Gasteiger partial charge in [-0.05, 0) is 18.6 Å². The third kappa shape index (κ3) is 2.94. The average Bonchev–Trinajstić information content (AvgIpc) is 3.09. The number of benzene rings is 1. The van der Waals surface area contributed by atoms with E-state index in [4.69, 9.17) is 4.74 Å². The number of morpholine rings is 1. The minimum atomic E-state index is 0.0140. The molecular formula is C18H23N5O2. The van der Waals surface area contributed by atoms with Crippen LogP contribution >= 0.6 is 0 Å². The highest BCUT2D eigenvalue weighted by Gasteiger charge is 2.16.